The van der Waals surface area contributed by atoms with E-state index in [1.165, 1.54) is 5.69 Å². The van der Waals surface area contributed by atoms with Gasteiger partial charge in [-0.25, -0.2) is 0 Å². The molecule has 0 atom stereocenters. The molecule has 0 aliphatic heterocycles. The Labute approximate surface area is 80.1 Å². The summed E-state index contributed by atoms with van der Waals surface area (Å²) in [7, 11) is 1.73. The second-order valence-corrected chi connectivity index (χ2v) is 2.91. The summed E-state index contributed by atoms with van der Waals surface area (Å²) in [6, 6.07) is 10.4. The van der Waals surface area contributed by atoms with Crippen molar-refractivity contribution in [2.75, 3.05) is 31.7 Å². The summed E-state index contributed by atoms with van der Waals surface area (Å²) in [5.41, 5.74) is 1.27. The molecule has 0 bridgehead atoms. The van der Waals surface area contributed by atoms with Crippen LogP contribution in [0.15, 0.2) is 30.3 Å². The van der Waals surface area contributed by atoms with Crippen LogP contribution >= 0.6 is 0 Å². The minimum atomic E-state index is 0.780. The molecule has 0 heterocycles. The topological polar surface area (TPSA) is 12.5 Å². The van der Waals surface area contributed by atoms with Crippen molar-refractivity contribution in [1.82, 2.24) is 0 Å². The van der Waals surface area contributed by atoms with E-state index in [1.54, 1.807) is 7.11 Å². The zero-order valence-corrected chi connectivity index (χ0v) is 8.36. The monoisotopic (exact) mass is 179 g/mol. The van der Waals surface area contributed by atoms with Crippen LogP contribution in [-0.2, 0) is 4.74 Å². The third-order valence-electron chi connectivity index (χ3n) is 2.07. The van der Waals surface area contributed by atoms with Crippen LogP contribution in [0.2, 0.25) is 0 Å². The first-order valence-corrected chi connectivity index (χ1v) is 4.67. The second-order valence-electron chi connectivity index (χ2n) is 2.91. The van der Waals surface area contributed by atoms with E-state index in [4.69, 9.17) is 4.74 Å². The SMILES string of the molecule is CCN(CCOC)c1ccccc1. The minimum absolute atomic E-state index is 0.780. The lowest BCUT2D eigenvalue weighted by Gasteiger charge is -2.22. The van der Waals surface area contributed by atoms with E-state index < -0.39 is 0 Å². The molecule has 1 rings (SSSR count). The summed E-state index contributed by atoms with van der Waals surface area (Å²) >= 11 is 0. The van der Waals surface area contributed by atoms with Crippen LogP contribution in [0.4, 0.5) is 5.69 Å². The van der Waals surface area contributed by atoms with Crippen molar-refractivity contribution >= 4 is 5.69 Å². The fourth-order valence-corrected chi connectivity index (χ4v) is 1.31. The Morgan fingerprint density at radius 2 is 1.92 bits per heavy atom. The zero-order chi connectivity index (χ0) is 9.52. The minimum Gasteiger partial charge on any atom is -0.383 e. The van der Waals surface area contributed by atoms with Gasteiger partial charge in [0.05, 0.1) is 6.61 Å². The lowest BCUT2D eigenvalue weighted by molar-refractivity contribution is 0.205. The number of nitrogens with zero attached hydrogens (tertiary/aromatic N) is 1. The summed E-state index contributed by atoms with van der Waals surface area (Å²) < 4.78 is 5.05. The number of anilines is 1. The first kappa shape index (κ1) is 10.1. The van der Waals surface area contributed by atoms with E-state index >= 15 is 0 Å². The molecule has 2 nitrogen and oxygen atoms in total. The summed E-state index contributed by atoms with van der Waals surface area (Å²) in [6.45, 7) is 4.91. The molecule has 0 aliphatic carbocycles. The molecule has 1 aromatic rings. The van der Waals surface area contributed by atoms with E-state index in [-0.39, 0.29) is 0 Å². The van der Waals surface area contributed by atoms with Gasteiger partial charge in [-0.05, 0) is 19.1 Å². The molecule has 1 aromatic carbocycles. The number of methoxy groups -OCH3 is 1. The molecule has 0 unspecified atom stereocenters. The van der Waals surface area contributed by atoms with E-state index in [2.05, 4.69) is 36.1 Å². The predicted octanol–water partition coefficient (Wildman–Crippen LogP) is 2.16. The number of ether oxygens (including phenoxy) is 1. The first-order chi connectivity index (χ1) is 6.38. The maximum atomic E-state index is 5.05. The van der Waals surface area contributed by atoms with Gasteiger partial charge in [0.2, 0.25) is 0 Å². The fraction of sp³-hybridized carbons (Fsp3) is 0.455. The molecular formula is C11H17NO. The Bertz CT molecular complexity index is 223. The third kappa shape index (κ3) is 3.07. The van der Waals surface area contributed by atoms with Crippen LogP contribution in [0.1, 0.15) is 6.92 Å². The fourth-order valence-electron chi connectivity index (χ4n) is 1.31. The molecule has 0 amide bonds. The first-order valence-electron chi connectivity index (χ1n) is 4.67. The van der Waals surface area contributed by atoms with Crippen molar-refractivity contribution < 1.29 is 4.74 Å². The average Bonchev–Trinajstić information content (AvgIpc) is 2.21. The molecular weight excluding hydrogens is 162 g/mol. The van der Waals surface area contributed by atoms with E-state index in [0.717, 1.165) is 19.7 Å². The van der Waals surface area contributed by atoms with Gasteiger partial charge in [-0.2, -0.15) is 0 Å². The number of hydrogen-bond acceptors (Lipinski definition) is 2. The summed E-state index contributed by atoms with van der Waals surface area (Å²) in [6.07, 6.45) is 0. The Hall–Kier alpha value is -1.02. The summed E-state index contributed by atoms with van der Waals surface area (Å²) in [4.78, 5) is 2.30. The molecule has 0 saturated heterocycles. The van der Waals surface area contributed by atoms with Crippen molar-refractivity contribution in [1.29, 1.82) is 0 Å². The largest absolute Gasteiger partial charge is 0.383 e. The Kier molecular flexibility index (Phi) is 4.33. The number of benzene rings is 1. The van der Waals surface area contributed by atoms with E-state index in [9.17, 15) is 0 Å². The van der Waals surface area contributed by atoms with Crippen LogP contribution in [0.3, 0.4) is 0 Å². The van der Waals surface area contributed by atoms with Crippen LogP contribution in [0.25, 0.3) is 0 Å². The van der Waals surface area contributed by atoms with Gasteiger partial charge < -0.3 is 9.64 Å². The highest BCUT2D eigenvalue weighted by atomic mass is 16.5. The van der Waals surface area contributed by atoms with Gasteiger partial charge in [0.15, 0.2) is 0 Å². The zero-order valence-electron chi connectivity index (χ0n) is 8.36. The highest BCUT2D eigenvalue weighted by Gasteiger charge is 2.01. The van der Waals surface area contributed by atoms with Crippen molar-refractivity contribution in [2.45, 2.75) is 6.92 Å². The number of para-hydroxylation sites is 1. The molecule has 0 saturated carbocycles. The van der Waals surface area contributed by atoms with Crippen LogP contribution in [-0.4, -0.2) is 26.8 Å². The maximum absolute atomic E-state index is 5.05. The maximum Gasteiger partial charge on any atom is 0.0637 e. The Morgan fingerprint density at radius 1 is 1.23 bits per heavy atom. The van der Waals surface area contributed by atoms with Crippen molar-refractivity contribution in [2.24, 2.45) is 0 Å². The lowest BCUT2D eigenvalue weighted by Crippen LogP contribution is -2.26. The van der Waals surface area contributed by atoms with Gasteiger partial charge >= 0.3 is 0 Å². The normalized spacial score (nSPS) is 10.0. The Balaban J connectivity index is 2.56. The van der Waals surface area contributed by atoms with Gasteiger partial charge in [0.25, 0.3) is 0 Å². The van der Waals surface area contributed by atoms with Gasteiger partial charge in [0.1, 0.15) is 0 Å². The second kappa shape index (κ2) is 5.60. The summed E-state index contributed by atoms with van der Waals surface area (Å²) in [5, 5.41) is 0. The molecule has 0 radical (unpaired) electrons. The Morgan fingerprint density at radius 3 is 2.46 bits per heavy atom. The van der Waals surface area contributed by atoms with Crippen molar-refractivity contribution in [3.05, 3.63) is 30.3 Å². The van der Waals surface area contributed by atoms with E-state index in [1.807, 2.05) is 6.07 Å². The molecule has 2 heteroatoms. The summed E-state index contributed by atoms with van der Waals surface area (Å²) in [5.74, 6) is 0. The molecule has 0 N–H and O–H groups in total. The van der Waals surface area contributed by atoms with Crippen LogP contribution in [0, 0.1) is 0 Å². The van der Waals surface area contributed by atoms with Crippen molar-refractivity contribution in [3.8, 4) is 0 Å². The molecule has 0 spiro atoms. The smallest absolute Gasteiger partial charge is 0.0637 e. The number of rotatable bonds is 5. The third-order valence-corrected chi connectivity index (χ3v) is 2.07. The number of hydrogen-bond donors (Lipinski definition) is 0. The highest BCUT2D eigenvalue weighted by Crippen LogP contribution is 2.11. The predicted molar refractivity (Wildman–Crippen MR) is 56.2 cm³/mol. The van der Waals surface area contributed by atoms with Crippen LogP contribution in [0.5, 0.6) is 0 Å². The van der Waals surface area contributed by atoms with Crippen LogP contribution < -0.4 is 4.90 Å². The van der Waals surface area contributed by atoms with Gasteiger partial charge in [-0.3, -0.25) is 0 Å². The highest BCUT2D eigenvalue weighted by molar-refractivity contribution is 5.45. The molecule has 13 heavy (non-hydrogen) atoms. The van der Waals surface area contributed by atoms with Gasteiger partial charge in [0, 0.05) is 25.9 Å². The van der Waals surface area contributed by atoms with E-state index in [0.29, 0.717) is 0 Å². The molecule has 72 valence electrons. The quantitative estimate of drug-likeness (QED) is 0.686. The molecule has 0 aliphatic rings. The van der Waals surface area contributed by atoms with Gasteiger partial charge in [-0.1, -0.05) is 18.2 Å². The number of likely N-dealkylation sites (N-methyl/N-ethyl adjacent to an activating group) is 1. The lowest BCUT2D eigenvalue weighted by atomic mass is 10.3. The average molecular weight is 179 g/mol. The standard InChI is InChI=1S/C11H17NO/c1-3-12(9-10-13-2)11-7-5-4-6-8-11/h4-8H,3,9-10H2,1-2H3. The molecule has 0 fully saturated rings. The van der Waals surface area contributed by atoms with Gasteiger partial charge in [-0.15, -0.1) is 0 Å². The molecule has 0 aromatic heterocycles. The van der Waals surface area contributed by atoms with Crippen molar-refractivity contribution in [3.63, 3.8) is 0 Å².